The summed E-state index contributed by atoms with van der Waals surface area (Å²) in [6.45, 7) is 5.46. The van der Waals surface area contributed by atoms with Gasteiger partial charge in [0.2, 0.25) is 17.7 Å². The third-order valence-corrected chi connectivity index (χ3v) is 3.14. The van der Waals surface area contributed by atoms with Crippen LogP contribution in [0.25, 0.3) is 11.5 Å². The standard InChI is InChI=1S/C17H21N3O3/c1-11(2)19-16(22)10-18-15(21)9-14-12(3)23-17(20-14)13-7-5-4-6-8-13/h4-8,11H,9-10H2,1-3H3,(H,18,21)(H,19,22). The molecule has 122 valence electrons. The van der Waals surface area contributed by atoms with Crippen LogP contribution in [0.3, 0.4) is 0 Å². The first-order valence-electron chi connectivity index (χ1n) is 7.53. The molecular weight excluding hydrogens is 294 g/mol. The second kappa shape index (κ2) is 7.58. The number of hydrogen-bond acceptors (Lipinski definition) is 4. The molecule has 6 nitrogen and oxygen atoms in total. The van der Waals surface area contributed by atoms with Crippen LogP contribution in [0.15, 0.2) is 34.7 Å². The molecule has 0 radical (unpaired) electrons. The molecular formula is C17H21N3O3. The van der Waals surface area contributed by atoms with Crippen LogP contribution in [0.4, 0.5) is 0 Å². The van der Waals surface area contributed by atoms with Crippen LogP contribution in [0, 0.1) is 6.92 Å². The molecule has 2 rings (SSSR count). The predicted octanol–water partition coefficient (Wildman–Crippen LogP) is 1.83. The molecule has 0 bridgehead atoms. The molecule has 0 aliphatic carbocycles. The summed E-state index contributed by atoms with van der Waals surface area (Å²) >= 11 is 0. The highest BCUT2D eigenvalue weighted by molar-refractivity contribution is 5.85. The summed E-state index contributed by atoms with van der Waals surface area (Å²) in [5.41, 5.74) is 1.43. The van der Waals surface area contributed by atoms with Gasteiger partial charge in [0, 0.05) is 11.6 Å². The van der Waals surface area contributed by atoms with Crippen LogP contribution in [0.2, 0.25) is 0 Å². The SMILES string of the molecule is Cc1oc(-c2ccccc2)nc1CC(=O)NCC(=O)NC(C)C. The Labute approximate surface area is 135 Å². The van der Waals surface area contributed by atoms with Gasteiger partial charge in [-0.25, -0.2) is 4.98 Å². The number of benzene rings is 1. The van der Waals surface area contributed by atoms with Crippen LogP contribution in [0.5, 0.6) is 0 Å². The lowest BCUT2D eigenvalue weighted by Crippen LogP contribution is -2.40. The molecule has 1 heterocycles. The van der Waals surface area contributed by atoms with Crippen molar-refractivity contribution in [3.63, 3.8) is 0 Å². The van der Waals surface area contributed by atoms with E-state index in [0.717, 1.165) is 5.56 Å². The molecule has 0 unspecified atom stereocenters. The quantitative estimate of drug-likeness (QED) is 0.852. The van der Waals surface area contributed by atoms with Gasteiger partial charge in [0.15, 0.2) is 0 Å². The molecule has 2 amide bonds. The number of aromatic nitrogens is 1. The van der Waals surface area contributed by atoms with Crippen molar-refractivity contribution in [3.8, 4) is 11.5 Å². The molecule has 0 aliphatic heterocycles. The first-order chi connectivity index (χ1) is 11.0. The fourth-order valence-electron chi connectivity index (χ4n) is 2.06. The average Bonchev–Trinajstić information content (AvgIpc) is 2.86. The molecule has 1 aromatic heterocycles. The minimum Gasteiger partial charge on any atom is -0.441 e. The zero-order valence-electron chi connectivity index (χ0n) is 13.6. The molecule has 0 saturated carbocycles. The monoisotopic (exact) mass is 315 g/mol. The van der Waals surface area contributed by atoms with Crippen molar-refractivity contribution in [1.82, 2.24) is 15.6 Å². The smallest absolute Gasteiger partial charge is 0.239 e. The molecule has 0 spiro atoms. The summed E-state index contributed by atoms with van der Waals surface area (Å²) in [5, 5.41) is 5.29. The van der Waals surface area contributed by atoms with Crippen LogP contribution in [-0.2, 0) is 16.0 Å². The van der Waals surface area contributed by atoms with Gasteiger partial charge in [-0.1, -0.05) is 18.2 Å². The van der Waals surface area contributed by atoms with Gasteiger partial charge in [-0.2, -0.15) is 0 Å². The van der Waals surface area contributed by atoms with Crippen molar-refractivity contribution in [2.75, 3.05) is 6.54 Å². The summed E-state index contributed by atoms with van der Waals surface area (Å²) < 4.78 is 5.61. The topological polar surface area (TPSA) is 84.2 Å². The van der Waals surface area contributed by atoms with Gasteiger partial charge in [0.1, 0.15) is 5.76 Å². The van der Waals surface area contributed by atoms with Gasteiger partial charge in [-0.05, 0) is 32.9 Å². The van der Waals surface area contributed by atoms with E-state index in [0.29, 0.717) is 17.3 Å². The zero-order valence-corrected chi connectivity index (χ0v) is 13.6. The van der Waals surface area contributed by atoms with Gasteiger partial charge < -0.3 is 15.1 Å². The highest BCUT2D eigenvalue weighted by Gasteiger charge is 2.15. The Morgan fingerprint density at radius 3 is 2.52 bits per heavy atom. The Morgan fingerprint density at radius 1 is 1.17 bits per heavy atom. The fourth-order valence-corrected chi connectivity index (χ4v) is 2.06. The zero-order chi connectivity index (χ0) is 16.8. The molecule has 23 heavy (non-hydrogen) atoms. The largest absolute Gasteiger partial charge is 0.441 e. The predicted molar refractivity (Wildman–Crippen MR) is 86.7 cm³/mol. The van der Waals surface area contributed by atoms with Gasteiger partial charge in [-0.3, -0.25) is 9.59 Å². The van der Waals surface area contributed by atoms with Crippen molar-refractivity contribution in [2.45, 2.75) is 33.2 Å². The number of hydrogen-bond donors (Lipinski definition) is 2. The summed E-state index contributed by atoms with van der Waals surface area (Å²) in [6, 6.07) is 9.54. The fraction of sp³-hybridized carbons (Fsp3) is 0.353. The van der Waals surface area contributed by atoms with Crippen LogP contribution >= 0.6 is 0 Å². The maximum Gasteiger partial charge on any atom is 0.239 e. The number of carbonyl (C=O) groups excluding carboxylic acids is 2. The number of carbonyl (C=O) groups is 2. The minimum absolute atomic E-state index is 0.0422. The van der Waals surface area contributed by atoms with E-state index in [1.807, 2.05) is 44.2 Å². The highest BCUT2D eigenvalue weighted by Crippen LogP contribution is 2.21. The highest BCUT2D eigenvalue weighted by atomic mass is 16.4. The number of nitrogens with one attached hydrogen (secondary N) is 2. The van der Waals surface area contributed by atoms with Gasteiger partial charge in [-0.15, -0.1) is 0 Å². The summed E-state index contributed by atoms with van der Waals surface area (Å²) in [5.74, 6) is 0.615. The van der Waals surface area contributed by atoms with Crippen molar-refractivity contribution in [3.05, 3.63) is 41.8 Å². The summed E-state index contributed by atoms with van der Waals surface area (Å²) in [6.07, 6.45) is 0.0805. The lowest BCUT2D eigenvalue weighted by atomic mass is 10.2. The van der Waals surface area contributed by atoms with E-state index in [1.165, 1.54) is 0 Å². The Kier molecular flexibility index (Phi) is 5.51. The average molecular weight is 315 g/mol. The molecule has 6 heteroatoms. The molecule has 2 N–H and O–H groups in total. The van der Waals surface area contributed by atoms with Gasteiger partial charge in [0.05, 0.1) is 18.7 Å². The third kappa shape index (κ3) is 4.95. The molecule has 1 aromatic carbocycles. The second-order valence-corrected chi connectivity index (χ2v) is 5.56. The summed E-state index contributed by atoms with van der Waals surface area (Å²) in [7, 11) is 0. The Morgan fingerprint density at radius 2 is 1.87 bits per heavy atom. The van der Waals surface area contributed by atoms with Crippen LogP contribution in [0.1, 0.15) is 25.3 Å². The van der Waals surface area contributed by atoms with Crippen molar-refractivity contribution < 1.29 is 14.0 Å². The first kappa shape index (κ1) is 16.7. The summed E-state index contributed by atoms with van der Waals surface area (Å²) in [4.78, 5) is 27.8. The first-order valence-corrected chi connectivity index (χ1v) is 7.53. The van der Waals surface area contributed by atoms with E-state index in [1.54, 1.807) is 6.92 Å². The van der Waals surface area contributed by atoms with E-state index in [9.17, 15) is 9.59 Å². The molecule has 0 atom stereocenters. The second-order valence-electron chi connectivity index (χ2n) is 5.56. The van der Waals surface area contributed by atoms with E-state index in [4.69, 9.17) is 4.42 Å². The number of nitrogens with zero attached hydrogens (tertiary/aromatic N) is 1. The van der Waals surface area contributed by atoms with Crippen molar-refractivity contribution in [1.29, 1.82) is 0 Å². The van der Waals surface area contributed by atoms with Crippen LogP contribution in [-0.4, -0.2) is 29.4 Å². The number of rotatable bonds is 6. The maximum atomic E-state index is 11.9. The van der Waals surface area contributed by atoms with E-state index < -0.39 is 0 Å². The lowest BCUT2D eigenvalue weighted by molar-refractivity contribution is -0.126. The maximum absolute atomic E-state index is 11.9. The van der Waals surface area contributed by atoms with E-state index >= 15 is 0 Å². The lowest BCUT2D eigenvalue weighted by Gasteiger charge is -2.08. The Hall–Kier alpha value is -2.63. The number of amides is 2. The van der Waals surface area contributed by atoms with Crippen molar-refractivity contribution in [2.24, 2.45) is 0 Å². The Bertz CT molecular complexity index is 678. The third-order valence-electron chi connectivity index (χ3n) is 3.14. The van der Waals surface area contributed by atoms with E-state index in [2.05, 4.69) is 15.6 Å². The minimum atomic E-state index is -0.264. The molecule has 0 aliphatic rings. The normalized spacial score (nSPS) is 10.6. The van der Waals surface area contributed by atoms with Crippen LogP contribution < -0.4 is 10.6 Å². The van der Waals surface area contributed by atoms with E-state index in [-0.39, 0.29) is 30.8 Å². The van der Waals surface area contributed by atoms with Crippen molar-refractivity contribution >= 4 is 11.8 Å². The number of oxazole rings is 1. The molecule has 0 saturated heterocycles. The van der Waals surface area contributed by atoms with Gasteiger partial charge >= 0.3 is 0 Å². The molecule has 2 aromatic rings. The Balaban J connectivity index is 1.94. The number of aryl methyl sites for hydroxylation is 1. The van der Waals surface area contributed by atoms with Gasteiger partial charge in [0.25, 0.3) is 0 Å². The molecule has 0 fully saturated rings.